The van der Waals surface area contributed by atoms with Gasteiger partial charge >= 0.3 is 0 Å². The van der Waals surface area contributed by atoms with Crippen molar-refractivity contribution in [2.24, 2.45) is 7.05 Å². The van der Waals surface area contributed by atoms with Gasteiger partial charge in [-0.2, -0.15) is 5.10 Å². The van der Waals surface area contributed by atoms with Crippen molar-refractivity contribution in [3.05, 3.63) is 29.8 Å². The first-order valence-electron chi connectivity index (χ1n) is 7.48. The van der Waals surface area contributed by atoms with Gasteiger partial charge in [-0.3, -0.25) is 4.68 Å². The zero-order valence-corrected chi connectivity index (χ0v) is 12.3. The molecule has 20 heavy (non-hydrogen) atoms. The summed E-state index contributed by atoms with van der Waals surface area (Å²) in [5.41, 5.74) is 2.27. The summed E-state index contributed by atoms with van der Waals surface area (Å²) in [6, 6.07) is 0.582. The Hall–Kier alpha value is -1.78. The second-order valence-electron chi connectivity index (χ2n) is 5.84. The van der Waals surface area contributed by atoms with Crippen LogP contribution in [0.1, 0.15) is 43.4 Å². The van der Waals surface area contributed by atoms with Gasteiger partial charge in [0, 0.05) is 31.0 Å². The molecule has 0 bridgehead atoms. The highest BCUT2D eigenvalue weighted by molar-refractivity contribution is 5.31. The van der Waals surface area contributed by atoms with Crippen LogP contribution in [0, 0.1) is 6.92 Å². The van der Waals surface area contributed by atoms with E-state index in [1.807, 2.05) is 24.9 Å². The monoisotopic (exact) mass is 273 g/mol. The second-order valence-corrected chi connectivity index (χ2v) is 5.84. The minimum atomic E-state index is 0.582. The molecular formula is C15H23N5. The molecule has 1 fully saturated rings. The molecule has 2 heterocycles. The maximum absolute atomic E-state index is 4.63. The fourth-order valence-corrected chi connectivity index (χ4v) is 2.96. The number of anilines is 1. The predicted molar refractivity (Wildman–Crippen MR) is 79.8 cm³/mol. The van der Waals surface area contributed by atoms with Gasteiger partial charge in [0.15, 0.2) is 0 Å². The van der Waals surface area contributed by atoms with Crippen molar-refractivity contribution in [1.82, 2.24) is 19.3 Å². The van der Waals surface area contributed by atoms with Gasteiger partial charge in [0.05, 0.1) is 18.4 Å². The molecule has 0 amide bonds. The minimum absolute atomic E-state index is 0.582. The Labute approximate surface area is 120 Å². The van der Waals surface area contributed by atoms with Crippen LogP contribution in [0.3, 0.4) is 0 Å². The van der Waals surface area contributed by atoms with Crippen molar-refractivity contribution in [2.75, 3.05) is 5.32 Å². The molecule has 0 saturated heterocycles. The zero-order chi connectivity index (χ0) is 13.9. The first kappa shape index (κ1) is 13.2. The molecule has 2 aromatic rings. The first-order chi connectivity index (χ1) is 9.70. The van der Waals surface area contributed by atoms with E-state index in [1.54, 1.807) is 0 Å². The molecular weight excluding hydrogens is 250 g/mol. The largest absolute Gasteiger partial charge is 0.353 e. The number of aromatic nitrogens is 4. The number of aryl methyl sites for hydroxylation is 2. The van der Waals surface area contributed by atoms with Gasteiger partial charge in [-0.25, -0.2) is 4.98 Å². The van der Waals surface area contributed by atoms with Crippen molar-refractivity contribution in [3.63, 3.8) is 0 Å². The lowest BCUT2D eigenvalue weighted by molar-refractivity contribution is 0.459. The molecule has 0 atom stereocenters. The summed E-state index contributed by atoms with van der Waals surface area (Å²) in [7, 11) is 1.95. The SMILES string of the molecule is Cc1cn(Cc2cnn(C)c2)c(NC2CCCCC2)n1. The van der Waals surface area contributed by atoms with Gasteiger partial charge in [-0.15, -0.1) is 0 Å². The maximum atomic E-state index is 4.63. The van der Waals surface area contributed by atoms with E-state index in [0.29, 0.717) is 6.04 Å². The molecule has 1 saturated carbocycles. The lowest BCUT2D eigenvalue weighted by Crippen LogP contribution is -2.24. The zero-order valence-electron chi connectivity index (χ0n) is 12.3. The lowest BCUT2D eigenvalue weighted by Gasteiger charge is -2.23. The summed E-state index contributed by atoms with van der Waals surface area (Å²) in [5, 5.41) is 7.85. The summed E-state index contributed by atoms with van der Waals surface area (Å²) in [4.78, 5) is 4.63. The Morgan fingerprint density at radius 3 is 2.75 bits per heavy atom. The average molecular weight is 273 g/mol. The molecule has 0 spiro atoms. The summed E-state index contributed by atoms with van der Waals surface area (Å²) < 4.78 is 4.04. The molecule has 5 heteroatoms. The number of imidazole rings is 1. The van der Waals surface area contributed by atoms with Crippen LogP contribution in [0.25, 0.3) is 0 Å². The van der Waals surface area contributed by atoms with E-state index in [1.165, 1.54) is 37.7 Å². The van der Waals surface area contributed by atoms with Crippen molar-refractivity contribution in [3.8, 4) is 0 Å². The van der Waals surface area contributed by atoms with Gasteiger partial charge in [-0.05, 0) is 19.8 Å². The highest BCUT2D eigenvalue weighted by Crippen LogP contribution is 2.22. The van der Waals surface area contributed by atoms with Crippen molar-refractivity contribution >= 4 is 5.95 Å². The highest BCUT2D eigenvalue weighted by Gasteiger charge is 2.16. The smallest absolute Gasteiger partial charge is 0.203 e. The predicted octanol–water partition coefficient (Wildman–Crippen LogP) is 2.72. The lowest BCUT2D eigenvalue weighted by atomic mass is 9.96. The number of hydrogen-bond donors (Lipinski definition) is 1. The normalized spacial score (nSPS) is 16.5. The van der Waals surface area contributed by atoms with Crippen LogP contribution < -0.4 is 5.32 Å². The fraction of sp³-hybridized carbons (Fsp3) is 0.600. The van der Waals surface area contributed by atoms with Crippen molar-refractivity contribution in [1.29, 1.82) is 0 Å². The van der Waals surface area contributed by atoms with Crippen molar-refractivity contribution < 1.29 is 0 Å². The summed E-state index contributed by atoms with van der Waals surface area (Å²) >= 11 is 0. The Kier molecular flexibility index (Phi) is 3.76. The molecule has 2 aromatic heterocycles. The van der Waals surface area contributed by atoms with E-state index in [4.69, 9.17) is 0 Å². The fourth-order valence-electron chi connectivity index (χ4n) is 2.96. The Bertz CT molecular complexity index is 563. The first-order valence-corrected chi connectivity index (χ1v) is 7.48. The third kappa shape index (κ3) is 3.03. The molecule has 0 unspecified atom stereocenters. The topological polar surface area (TPSA) is 47.7 Å². The second kappa shape index (κ2) is 5.69. The molecule has 1 aliphatic carbocycles. The molecule has 1 N–H and O–H groups in total. The van der Waals surface area contributed by atoms with Crippen LogP contribution in [0.15, 0.2) is 18.6 Å². The van der Waals surface area contributed by atoms with E-state index in [2.05, 4.69) is 32.4 Å². The van der Waals surface area contributed by atoms with E-state index < -0.39 is 0 Å². The van der Waals surface area contributed by atoms with Gasteiger partial charge in [0.1, 0.15) is 0 Å². The molecule has 1 aliphatic rings. The molecule has 3 rings (SSSR count). The van der Waals surface area contributed by atoms with E-state index in [9.17, 15) is 0 Å². The number of rotatable bonds is 4. The van der Waals surface area contributed by atoms with Crippen LogP contribution in [0.5, 0.6) is 0 Å². The Balaban J connectivity index is 1.73. The quantitative estimate of drug-likeness (QED) is 0.931. The summed E-state index contributed by atoms with van der Waals surface area (Å²) in [6.07, 6.45) is 12.6. The standard InChI is InChI=1S/C15H23N5/c1-12-9-20(11-13-8-16-19(2)10-13)15(17-12)18-14-6-4-3-5-7-14/h8-10,14H,3-7,11H2,1-2H3,(H,17,18). The van der Waals surface area contributed by atoms with Crippen LogP contribution in [0.4, 0.5) is 5.95 Å². The van der Waals surface area contributed by atoms with E-state index in [0.717, 1.165) is 18.2 Å². The minimum Gasteiger partial charge on any atom is -0.353 e. The van der Waals surface area contributed by atoms with Crippen LogP contribution in [0.2, 0.25) is 0 Å². The van der Waals surface area contributed by atoms with E-state index >= 15 is 0 Å². The Morgan fingerprint density at radius 1 is 1.25 bits per heavy atom. The van der Waals surface area contributed by atoms with Crippen LogP contribution in [-0.2, 0) is 13.6 Å². The summed E-state index contributed by atoms with van der Waals surface area (Å²) in [6.45, 7) is 2.87. The average Bonchev–Trinajstić information content (AvgIpc) is 2.98. The molecule has 0 radical (unpaired) electrons. The molecule has 108 valence electrons. The van der Waals surface area contributed by atoms with Crippen molar-refractivity contribution in [2.45, 2.75) is 51.6 Å². The third-order valence-electron chi connectivity index (χ3n) is 3.95. The third-order valence-corrected chi connectivity index (χ3v) is 3.95. The molecule has 0 aromatic carbocycles. The van der Waals surface area contributed by atoms with E-state index in [-0.39, 0.29) is 0 Å². The van der Waals surface area contributed by atoms with Crippen LogP contribution in [-0.4, -0.2) is 25.4 Å². The maximum Gasteiger partial charge on any atom is 0.203 e. The van der Waals surface area contributed by atoms with Gasteiger partial charge < -0.3 is 9.88 Å². The van der Waals surface area contributed by atoms with Gasteiger partial charge in [0.25, 0.3) is 0 Å². The number of nitrogens with zero attached hydrogens (tertiary/aromatic N) is 4. The summed E-state index contributed by atoms with van der Waals surface area (Å²) in [5.74, 6) is 0.998. The Morgan fingerprint density at radius 2 is 2.05 bits per heavy atom. The van der Waals surface area contributed by atoms with Gasteiger partial charge in [0.2, 0.25) is 5.95 Å². The highest BCUT2D eigenvalue weighted by atomic mass is 15.3. The van der Waals surface area contributed by atoms with Crippen LogP contribution >= 0.6 is 0 Å². The van der Waals surface area contributed by atoms with Gasteiger partial charge in [-0.1, -0.05) is 19.3 Å². The number of nitrogens with one attached hydrogen (secondary N) is 1. The molecule has 5 nitrogen and oxygen atoms in total. The number of hydrogen-bond acceptors (Lipinski definition) is 3. The molecule has 0 aliphatic heterocycles.